The molecule has 0 aliphatic carbocycles. The monoisotopic (exact) mass is 461 g/mol. The first-order chi connectivity index (χ1) is 16.0. The molecule has 0 spiro atoms. The van der Waals surface area contributed by atoms with Gasteiger partial charge in [-0.05, 0) is 47.5 Å². The number of amides is 1. The van der Waals surface area contributed by atoms with Gasteiger partial charge in [-0.1, -0.05) is 35.0 Å². The van der Waals surface area contributed by atoms with Gasteiger partial charge in [-0.2, -0.15) is 0 Å². The summed E-state index contributed by atoms with van der Waals surface area (Å²) in [5.74, 6) is -0.245. The van der Waals surface area contributed by atoms with Crippen molar-refractivity contribution in [2.75, 3.05) is 6.54 Å². The van der Waals surface area contributed by atoms with E-state index >= 15 is 0 Å². The Hall–Kier alpha value is -3.78. The van der Waals surface area contributed by atoms with Crippen molar-refractivity contribution in [2.45, 2.75) is 26.4 Å². The maximum atomic E-state index is 13.6. The van der Waals surface area contributed by atoms with Crippen molar-refractivity contribution >= 4 is 17.5 Å². The number of fused-ring (bicyclic) bond motifs is 1. The molecule has 166 valence electrons. The van der Waals surface area contributed by atoms with Crippen LogP contribution in [0.4, 0.5) is 0 Å². The Morgan fingerprint density at radius 3 is 2.64 bits per heavy atom. The van der Waals surface area contributed by atoms with E-state index in [1.165, 1.54) is 0 Å². The minimum atomic E-state index is -0.245. The smallest absolute Gasteiger partial charge is 0.278 e. The van der Waals surface area contributed by atoms with Crippen LogP contribution in [0.15, 0.2) is 64.3 Å². The Morgan fingerprint density at radius 2 is 1.91 bits per heavy atom. The molecular formula is C24H20ClN5O3. The molecule has 0 N–H and O–H groups in total. The fourth-order valence-electron chi connectivity index (χ4n) is 4.18. The summed E-state index contributed by atoms with van der Waals surface area (Å²) in [6.07, 6.45) is 3.95. The molecule has 8 nitrogen and oxygen atoms in total. The van der Waals surface area contributed by atoms with Crippen LogP contribution in [0.3, 0.4) is 0 Å². The van der Waals surface area contributed by atoms with Gasteiger partial charge in [-0.25, -0.2) is 4.63 Å². The summed E-state index contributed by atoms with van der Waals surface area (Å²) >= 11 is 6.44. The third kappa shape index (κ3) is 3.93. The van der Waals surface area contributed by atoms with E-state index in [-0.39, 0.29) is 17.2 Å². The number of rotatable bonds is 4. The zero-order valence-corrected chi connectivity index (χ0v) is 18.6. The average molecular weight is 462 g/mol. The fraction of sp³-hybridized carbons (Fsp3) is 0.208. The molecule has 0 saturated carbocycles. The second-order valence-electron chi connectivity index (χ2n) is 7.93. The van der Waals surface area contributed by atoms with E-state index in [9.17, 15) is 9.59 Å². The molecule has 9 heteroatoms. The summed E-state index contributed by atoms with van der Waals surface area (Å²) in [6.45, 7) is 2.89. The SMILES string of the molecule is Cc1nonc1C(=O)N1CCc2c(cc(-c3ccccc3Cl)c(=O)n2Cc2ccncc2)C1. The van der Waals surface area contributed by atoms with E-state index in [2.05, 4.69) is 15.3 Å². The Morgan fingerprint density at radius 1 is 1.12 bits per heavy atom. The predicted octanol–water partition coefficient (Wildman–Crippen LogP) is 3.50. The number of carbonyl (C=O) groups is 1. The van der Waals surface area contributed by atoms with Crippen LogP contribution in [0.25, 0.3) is 11.1 Å². The zero-order chi connectivity index (χ0) is 22.9. The Bertz CT molecular complexity index is 1400. The van der Waals surface area contributed by atoms with E-state index in [4.69, 9.17) is 16.2 Å². The van der Waals surface area contributed by atoms with E-state index < -0.39 is 0 Å². The van der Waals surface area contributed by atoms with E-state index in [0.717, 1.165) is 16.8 Å². The summed E-state index contributed by atoms with van der Waals surface area (Å²) in [4.78, 5) is 32.4. The molecule has 1 aromatic carbocycles. The van der Waals surface area contributed by atoms with Crippen molar-refractivity contribution in [3.63, 3.8) is 0 Å². The van der Waals surface area contributed by atoms with Gasteiger partial charge < -0.3 is 9.47 Å². The molecule has 4 aromatic rings. The Kier molecular flexibility index (Phi) is 5.51. The molecule has 0 unspecified atom stereocenters. The molecule has 0 bridgehead atoms. The molecule has 0 radical (unpaired) electrons. The lowest BCUT2D eigenvalue weighted by Gasteiger charge is -2.31. The molecule has 4 heterocycles. The van der Waals surface area contributed by atoms with Crippen molar-refractivity contribution in [1.29, 1.82) is 0 Å². The number of nitrogens with zero attached hydrogens (tertiary/aromatic N) is 5. The summed E-state index contributed by atoms with van der Waals surface area (Å²) in [5, 5.41) is 7.97. The number of hydrogen-bond acceptors (Lipinski definition) is 6. The number of carbonyl (C=O) groups excluding carboxylic acids is 1. The highest BCUT2D eigenvalue weighted by atomic mass is 35.5. The fourth-order valence-corrected chi connectivity index (χ4v) is 4.42. The number of hydrogen-bond donors (Lipinski definition) is 0. The standard InChI is InChI=1S/C24H20ClN5O3/c1-15-22(28-33-27-15)24(32)29-11-8-21-17(14-29)12-19(18-4-2-3-5-20(18)25)23(31)30(21)13-16-6-9-26-10-7-16/h2-7,9-10,12H,8,11,13-14H2,1H3. The largest absolute Gasteiger partial charge is 0.332 e. The van der Waals surface area contributed by atoms with Crippen molar-refractivity contribution in [3.8, 4) is 11.1 Å². The molecule has 1 aliphatic heterocycles. The third-order valence-corrected chi connectivity index (χ3v) is 6.20. The molecule has 33 heavy (non-hydrogen) atoms. The predicted molar refractivity (Wildman–Crippen MR) is 122 cm³/mol. The first kappa shape index (κ1) is 21.1. The van der Waals surface area contributed by atoms with Crippen molar-refractivity contribution in [1.82, 2.24) is 24.8 Å². The van der Waals surface area contributed by atoms with Gasteiger partial charge >= 0.3 is 0 Å². The van der Waals surface area contributed by atoms with Gasteiger partial charge in [-0.15, -0.1) is 0 Å². The number of aryl methyl sites for hydroxylation is 1. The van der Waals surface area contributed by atoms with Crippen LogP contribution in [-0.4, -0.2) is 37.2 Å². The highest BCUT2D eigenvalue weighted by molar-refractivity contribution is 6.33. The normalized spacial score (nSPS) is 13.1. The van der Waals surface area contributed by atoms with Crippen LogP contribution in [0.2, 0.25) is 5.02 Å². The Balaban J connectivity index is 1.61. The van der Waals surface area contributed by atoms with Crippen LogP contribution in [0, 0.1) is 6.92 Å². The molecule has 5 rings (SSSR count). The summed E-state index contributed by atoms with van der Waals surface area (Å²) in [6, 6.07) is 12.9. The molecular weight excluding hydrogens is 442 g/mol. The molecule has 0 saturated heterocycles. The molecule has 0 atom stereocenters. The lowest BCUT2D eigenvalue weighted by atomic mass is 9.98. The molecule has 0 fully saturated rings. The first-order valence-corrected chi connectivity index (χ1v) is 10.9. The van der Waals surface area contributed by atoms with Crippen LogP contribution in [0.5, 0.6) is 0 Å². The quantitative estimate of drug-likeness (QED) is 0.461. The highest BCUT2D eigenvalue weighted by Crippen LogP contribution is 2.29. The van der Waals surface area contributed by atoms with Crippen molar-refractivity contribution in [3.05, 3.63) is 98.4 Å². The average Bonchev–Trinajstić information content (AvgIpc) is 3.27. The van der Waals surface area contributed by atoms with Gasteiger partial charge in [0.05, 0.1) is 6.54 Å². The van der Waals surface area contributed by atoms with Crippen LogP contribution < -0.4 is 5.56 Å². The highest BCUT2D eigenvalue weighted by Gasteiger charge is 2.28. The molecule has 3 aromatic heterocycles. The number of aromatic nitrogens is 4. The first-order valence-electron chi connectivity index (χ1n) is 10.5. The number of halogens is 1. The van der Waals surface area contributed by atoms with E-state index in [1.807, 2.05) is 36.4 Å². The van der Waals surface area contributed by atoms with Crippen LogP contribution in [-0.2, 0) is 19.5 Å². The van der Waals surface area contributed by atoms with E-state index in [0.29, 0.717) is 47.9 Å². The summed E-state index contributed by atoms with van der Waals surface area (Å²) in [7, 11) is 0. The Labute approximate surface area is 194 Å². The van der Waals surface area contributed by atoms with Crippen molar-refractivity contribution in [2.24, 2.45) is 0 Å². The molecule has 1 amide bonds. The van der Waals surface area contributed by atoms with Crippen LogP contribution in [0.1, 0.15) is 33.0 Å². The van der Waals surface area contributed by atoms with Gasteiger partial charge in [0.1, 0.15) is 5.69 Å². The minimum Gasteiger partial charge on any atom is -0.332 e. The van der Waals surface area contributed by atoms with Crippen LogP contribution >= 0.6 is 11.6 Å². The number of benzene rings is 1. The lowest BCUT2D eigenvalue weighted by molar-refractivity contribution is 0.0720. The van der Waals surface area contributed by atoms with Gasteiger partial charge in [0.2, 0.25) is 0 Å². The minimum absolute atomic E-state index is 0.116. The van der Waals surface area contributed by atoms with Crippen molar-refractivity contribution < 1.29 is 9.42 Å². The topological polar surface area (TPSA) is 94.1 Å². The second-order valence-corrected chi connectivity index (χ2v) is 8.34. The van der Waals surface area contributed by atoms with E-state index in [1.54, 1.807) is 34.9 Å². The third-order valence-electron chi connectivity index (χ3n) is 5.87. The second kappa shape index (κ2) is 8.63. The zero-order valence-electron chi connectivity index (χ0n) is 17.9. The maximum Gasteiger partial charge on any atom is 0.278 e. The van der Waals surface area contributed by atoms with Gasteiger partial charge in [-0.3, -0.25) is 14.6 Å². The summed E-state index contributed by atoms with van der Waals surface area (Å²) in [5.41, 5.74) is 4.47. The summed E-state index contributed by atoms with van der Waals surface area (Å²) < 4.78 is 6.49. The molecule has 1 aliphatic rings. The lowest BCUT2D eigenvalue weighted by Crippen LogP contribution is -2.40. The number of pyridine rings is 2. The van der Waals surface area contributed by atoms with Gasteiger partial charge in [0, 0.05) is 53.7 Å². The maximum absolute atomic E-state index is 13.6. The van der Waals surface area contributed by atoms with Gasteiger partial charge in [0.25, 0.3) is 11.5 Å². The van der Waals surface area contributed by atoms with Gasteiger partial charge in [0.15, 0.2) is 5.69 Å².